The van der Waals surface area contributed by atoms with Crippen LogP contribution in [-0.2, 0) is 11.0 Å². The number of alkyl halides is 3. The number of pyridine rings is 1. The lowest BCUT2D eigenvalue weighted by Gasteiger charge is -2.22. The Morgan fingerprint density at radius 2 is 2.04 bits per heavy atom. The van der Waals surface area contributed by atoms with Gasteiger partial charge in [0.25, 0.3) is 0 Å². The molecule has 1 N–H and O–H groups in total. The zero-order chi connectivity index (χ0) is 16.9. The summed E-state index contributed by atoms with van der Waals surface area (Å²) >= 11 is 0. The highest BCUT2D eigenvalue weighted by Crippen LogP contribution is 2.29. The number of hydrogen-bond donors (Lipinski definition) is 1. The zero-order valence-electron chi connectivity index (χ0n) is 13.1. The first-order valence-electron chi connectivity index (χ1n) is 7.67. The molecule has 0 saturated carbocycles. The molecule has 0 aromatic carbocycles. The van der Waals surface area contributed by atoms with Crippen molar-refractivity contribution in [2.24, 2.45) is 0 Å². The lowest BCUT2D eigenvalue weighted by molar-refractivity contribution is -0.137. The molecular weight excluding hydrogens is 309 g/mol. The summed E-state index contributed by atoms with van der Waals surface area (Å²) in [6.45, 7) is 5.64. The molecule has 23 heavy (non-hydrogen) atoms. The average Bonchev–Trinajstić information content (AvgIpc) is 2.72. The molecule has 1 aromatic heterocycles. The van der Waals surface area contributed by atoms with Gasteiger partial charge in [0.05, 0.1) is 12.1 Å². The smallest absolute Gasteiger partial charge is 0.355 e. The van der Waals surface area contributed by atoms with Crippen LogP contribution in [0.15, 0.2) is 18.3 Å². The molecule has 0 bridgehead atoms. The number of carbonyl (C=O) groups excluding carboxylic acids is 1. The highest BCUT2D eigenvalue weighted by atomic mass is 19.4. The molecule has 2 rings (SSSR count). The summed E-state index contributed by atoms with van der Waals surface area (Å²) in [4.78, 5) is 19.6. The predicted molar refractivity (Wildman–Crippen MR) is 81.2 cm³/mol. The second-order valence-electron chi connectivity index (χ2n) is 5.47. The first kappa shape index (κ1) is 17.5. The zero-order valence-corrected chi connectivity index (χ0v) is 13.1. The lowest BCUT2D eigenvalue weighted by Crippen LogP contribution is -2.39. The van der Waals surface area contributed by atoms with Crippen molar-refractivity contribution in [1.82, 2.24) is 15.2 Å². The third-order valence-electron chi connectivity index (χ3n) is 3.73. The van der Waals surface area contributed by atoms with Crippen LogP contribution < -0.4 is 10.2 Å². The molecule has 1 aromatic rings. The maximum atomic E-state index is 12.6. The predicted octanol–water partition coefficient (Wildman–Crippen LogP) is 1.75. The topological polar surface area (TPSA) is 48.5 Å². The first-order chi connectivity index (χ1) is 10.9. The Balaban J connectivity index is 1.94. The number of rotatable bonds is 4. The third-order valence-corrected chi connectivity index (χ3v) is 3.73. The van der Waals surface area contributed by atoms with Crippen molar-refractivity contribution in [2.75, 3.05) is 44.2 Å². The fourth-order valence-electron chi connectivity index (χ4n) is 2.56. The van der Waals surface area contributed by atoms with Crippen molar-refractivity contribution in [3.63, 3.8) is 0 Å². The van der Waals surface area contributed by atoms with Crippen LogP contribution in [0.5, 0.6) is 0 Å². The van der Waals surface area contributed by atoms with E-state index in [0.29, 0.717) is 38.5 Å². The van der Waals surface area contributed by atoms with E-state index in [1.807, 2.05) is 11.8 Å². The number of likely N-dealkylation sites (N-methyl/N-ethyl adjacent to an activating group) is 1. The molecule has 1 fully saturated rings. The quantitative estimate of drug-likeness (QED) is 0.914. The fraction of sp³-hybridized carbons (Fsp3) is 0.600. The summed E-state index contributed by atoms with van der Waals surface area (Å²) in [5, 5.41) is 2.76. The summed E-state index contributed by atoms with van der Waals surface area (Å²) in [5.41, 5.74) is -0.742. The van der Waals surface area contributed by atoms with Crippen LogP contribution in [0.2, 0.25) is 0 Å². The molecule has 1 aliphatic heterocycles. The van der Waals surface area contributed by atoms with Crippen LogP contribution in [0, 0.1) is 0 Å². The van der Waals surface area contributed by atoms with E-state index in [1.165, 1.54) is 6.07 Å². The second-order valence-corrected chi connectivity index (χ2v) is 5.47. The van der Waals surface area contributed by atoms with Crippen molar-refractivity contribution in [2.45, 2.75) is 19.5 Å². The summed E-state index contributed by atoms with van der Waals surface area (Å²) in [7, 11) is 0. The molecule has 0 radical (unpaired) electrons. The number of hydrogen-bond acceptors (Lipinski definition) is 4. The minimum absolute atomic E-state index is 0.00592. The molecule has 1 amide bonds. The summed E-state index contributed by atoms with van der Waals surface area (Å²) < 4.78 is 37.7. The van der Waals surface area contributed by atoms with Gasteiger partial charge in [0.15, 0.2) is 0 Å². The van der Waals surface area contributed by atoms with E-state index < -0.39 is 11.7 Å². The Bertz CT molecular complexity index is 518. The number of carbonyl (C=O) groups is 1. The second kappa shape index (κ2) is 7.63. The summed E-state index contributed by atoms with van der Waals surface area (Å²) in [6.07, 6.45) is -2.66. The Morgan fingerprint density at radius 3 is 2.65 bits per heavy atom. The molecule has 1 aliphatic rings. The Hall–Kier alpha value is -1.83. The van der Waals surface area contributed by atoms with Gasteiger partial charge in [0, 0.05) is 38.9 Å². The van der Waals surface area contributed by atoms with Gasteiger partial charge >= 0.3 is 6.18 Å². The Labute approximate surface area is 133 Å². The molecule has 0 unspecified atom stereocenters. The fourth-order valence-corrected chi connectivity index (χ4v) is 2.56. The number of halogens is 3. The summed E-state index contributed by atoms with van der Waals surface area (Å²) in [5.74, 6) is 0.534. The number of aromatic nitrogens is 1. The molecule has 1 saturated heterocycles. The number of amides is 1. The number of anilines is 1. The Morgan fingerprint density at radius 1 is 1.26 bits per heavy atom. The minimum atomic E-state index is -4.37. The highest BCUT2D eigenvalue weighted by Gasteiger charge is 2.31. The van der Waals surface area contributed by atoms with Crippen LogP contribution >= 0.6 is 0 Å². The molecule has 0 atom stereocenters. The summed E-state index contributed by atoms with van der Waals surface area (Å²) in [6, 6.07) is 2.46. The molecule has 2 heterocycles. The average molecular weight is 330 g/mol. The van der Waals surface area contributed by atoms with Gasteiger partial charge in [-0.3, -0.25) is 9.69 Å². The van der Waals surface area contributed by atoms with E-state index >= 15 is 0 Å². The van der Waals surface area contributed by atoms with Crippen molar-refractivity contribution < 1.29 is 18.0 Å². The van der Waals surface area contributed by atoms with Crippen molar-refractivity contribution in [3.8, 4) is 0 Å². The van der Waals surface area contributed by atoms with Crippen molar-refractivity contribution >= 4 is 11.7 Å². The maximum Gasteiger partial charge on any atom is 0.417 e. The van der Waals surface area contributed by atoms with Gasteiger partial charge in [-0.25, -0.2) is 4.98 Å². The van der Waals surface area contributed by atoms with E-state index in [2.05, 4.69) is 15.2 Å². The van der Waals surface area contributed by atoms with E-state index in [-0.39, 0.29) is 5.91 Å². The molecule has 8 heteroatoms. The van der Waals surface area contributed by atoms with E-state index in [1.54, 1.807) is 0 Å². The monoisotopic (exact) mass is 330 g/mol. The van der Waals surface area contributed by atoms with Gasteiger partial charge in [-0.05, 0) is 25.5 Å². The first-order valence-corrected chi connectivity index (χ1v) is 7.67. The Kier molecular flexibility index (Phi) is 5.81. The van der Waals surface area contributed by atoms with Crippen LogP contribution in [0.25, 0.3) is 0 Å². The van der Waals surface area contributed by atoms with E-state index in [9.17, 15) is 18.0 Å². The molecule has 0 aliphatic carbocycles. The van der Waals surface area contributed by atoms with Crippen LogP contribution in [-0.4, -0.2) is 55.1 Å². The van der Waals surface area contributed by atoms with Gasteiger partial charge in [0.1, 0.15) is 5.82 Å². The van der Waals surface area contributed by atoms with Crippen LogP contribution in [0.1, 0.15) is 18.9 Å². The molecule has 5 nitrogen and oxygen atoms in total. The van der Waals surface area contributed by atoms with Gasteiger partial charge in [-0.15, -0.1) is 0 Å². The highest BCUT2D eigenvalue weighted by molar-refractivity contribution is 5.77. The molecule has 0 spiro atoms. The minimum Gasteiger partial charge on any atom is -0.355 e. The van der Waals surface area contributed by atoms with Crippen molar-refractivity contribution in [1.29, 1.82) is 0 Å². The number of nitrogens with one attached hydrogen (secondary N) is 1. The number of nitrogens with zero attached hydrogens (tertiary/aromatic N) is 3. The normalized spacial score (nSPS) is 17.0. The van der Waals surface area contributed by atoms with E-state index in [0.717, 1.165) is 25.2 Å². The van der Waals surface area contributed by atoms with Gasteiger partial charge in [0.2, 0.25) is 5.91 Å². The van der Waals surface area contributed by atoms with Gasteiger partial charge in [-0.2, -0.15) is 13.2 Å². The van der Waals surface area contributed by atoms with Crippen LogP contribution in [0.3, 0.4) is 0 Å². The maximum absolute atomic E-state index is 12.6. The lowest BCUT2D eigenvalue weighted by atomic mass is 10.2. The molecular formula is C15H21F3N4O. The largest absolute Gasteiger partial charge is 0.417 e. The third kappa shape index (κ3) is 5.09. The van der Waals surface area contributed by atoms with Crippen LogP contribution in [0.4, 0.5) is 19.0 Å². The van der Waals surface area contributed by atoms with Gasteiger partial charge < -0.3 is 10.2 Å². The van der Waals surface area contributed by atoms with E-state index in [4.69, 9.17) is 0 Å². The van der Waals surface area contributed by atoms with Gasteiger partial charge in [-0.1, -0.05) is 0 Å². The molecule has 128 valence electrons. The standard InChI is InChI=1S/C15H21F3N4O/c1-2-19-14(23)11-21-6-3-7-22(9-8-21)13-5-4-12(10-20-13)15(16,17)18/h4-5,10H,2-3,6-9,11H2,1H3,(H,19,23). The SMILES string of the molecule is CCNC(=O)CN1CCCN(c2ccc(C(F)(F)F)cn2)CC1. The van der Waals surface area contributed by atoms with Crippen molar-refractivity contribution in [3.05, 3.63) is 23.9 Å².